The molecule has 0 atom stereocenters. The molecule has 0 aliphatic heterocycles. The Morgan fingerprint density at radius 2 is 1.73 bits per heavy atom. The second-order valence-corrected chi connectivity index (χ2v) is 8.38. The zero-order chi connectivity index (χ0) is 28.1. The first-order chi connectivity index (χ1) is 19.2. The average Bonchev–Trinajstić information content (AvgIpc) is 3.58. The van der Waals surface area contributed by atoms with E-state index in [1.165, 1.54) is 16.8 Å². The van der Waals surface area contributed by atoms with Gasteiger partial charge in [0.25, 0.3) is 5.89 Å². The molecule has 3 aromatic carbocycles. The molecule has 11 nitrogen and oxygen atoms in total. The maximum Gasteiger partial charge on any atom is 0.573 e. The van der Waals surface area contributed by atoms with Crippen LogP contribution in [0, 0.1) is 0 Å². The van der Waals surface area contributed by atoms with E-state index in [0.717, 1.165) is 17.7 Å². The van der Waals surface area contributed by atoms with E-state index >= 15 is 0 Å². The number of alkyl halides is 3. The van der Waals surface area contributed by atoms with E-state index in [2.05, 4.69) is 35.6 Å². The second-order valence-electron chi connectivity index (χ2n) is 7.97. The summed E-state index contributed by atoms with van der Waals surface area (Å²) in [6.45, 7) is -0.127. The summed E-state index contributed by atoms with van der Waals surface area (Å²) in [5.74, 6) is 0.878. The number of tetrazole rings is 1. The minimum atomic E-state index is -4.78. The lowest BCUT2D eigenvalue weighted by atomic mass is 10.1. The van der Waals surface area contributed by atoms with Crippen LogP contribution in [0.5, 0.6) is 17.2 Å². The Morgan fingerprint density at radius 3 is 2.40 bits per heavy atom. The van der Waals surface area contributed by atoms with Gasteiger partial charge in [-0.05, 0) is 52.9 Å². The molecule has 0 aliphatic carbocycles. The van der Waals surface area contributed by atoms with E-state index in [1.54, 1.807) is 25.2 Å². The van der Waals surface area contributed by atoms with E-state index in [9.17, 15) is 13.2 Å². The lowest BCUT2D eigenvalue weighted by molar-refractivity contribution is -0.274. The Bertz CT molecular complexity index is 1620. The molecule has 15 heteroatoms. The van der Waals surface area contributed by atoms with E-state index in [1.807, 2.05) is 30.3 Å². The van der Waals surface area contributed by atoms with Gasteiger partial charge in [0, 0.05) is 18.2 Å². The summed E-state index contributed by atoms with van der Waals surface area (Å²) in [7, 11) is 1.68. The van der Waals surface area contributed by atoms with Crippen LogP contribution >= 0.6 is 11.6 Å². The van der Waals surface area contributed by atoms with Gasteiger partial charge < -0.3 is 18.7 Å². The van der Waals surface area contributed by atoms with Crippen LogP contribution in [0.2, 0.25) is 5.02 Å². The zero-order valence-electron chi connectivity index (χ0n) is 20.4. The molecule has 0 bridgehead atoms. The van der Waals surface area contributed by atoms with Gasteiger partial charge in [-0.1, -0.05) is 47.1 Å². The van der Waals surface area contributed by atoms with Gasteiger partial charge in [0.2, 0.25) is 11.7 Å². The number of hydrogen-bond donors (Lipinski definition) is 0. The number of aryl methyl sites for hydroxylation is 1. The van der Waals surface area contributed by atoms with Crippen LogP contribution in [0.25, 0.3) is 11.5 Å². The number of halogens is 4. The molecule has 2 aromatic heterocycles. The number of nitrogens with zero attached hydrogens (tertiary/aromatic N) is 7. The summed E-state index contributed by atoms with van der Waals surface area (Å²) in [5, 5.41) is 23.9. The van der Waals surface area contributed by atoms with Gasteiger partial charge in [0.1, 0.15) is 17.2 Å². The monoisotopic (exact) mass is 571 g/mol. The van der Waals surface area contributed by atoms with Crippen LogP contribution in [-0.4, -0.2) is 42.5 Å². The van der Waals surface area contributed by atoms with Gasteiger partial charge in [-0.15, -0.1) is 28.5 Å². The Hall–Kier alpha value is -4.98. The molecule has 0 saturated carbocycles. The Balaban J connectivity index is 1.25. The normalized spacial score (nSPS) is 11.9. The molecular weight excluding hydrogens is 555 g/mol. The highest BCUT2D eigenvalue weighted by Gasteiger charge is 2.31. The van der Waals surface area contributed by atoms with E-state index in [0.29, 0.717) is 17.1 Å². The summed E-state index contributed by atoms with van der Waals surface area (Å²) in [5.41, 5.74) is 1.66. The first-order valence-electron chi connectivity index (χ1n) is 11.4. The van der Waals surface area contributed by atoms with Crippen LogP contribution < -0.4 is 9.47 Å². The van der Waals surface area contributed by atoms with Crippen molar-refractivity contribution in [3.8, 4) is 28.7 Å². The van der Waals surface area contributed by atoms with Gasteiger partial charge in [-0.2, -0.15) is 0 Å². The quantitative estimate of drug-likeness (QED) is 0.165. The predicted molar refractivity (Wildman–Crippen MR) is 134 cm³/mol. The molecule has 2 heterocycles. The van der Waals surface area contributed by atoms with Gasteiger partial charge in [-0.25, -0.2) is 4.68 Å². The molecular formula is C25H17ClF3N7O4. The number of benzene rings is 3. The zero-order valence-corrected chi connectivity index (χ0v) is 21.2. The molecule has 0 unspecified atom stereocenters. The average molecular weight is 572 g/mol. The van der Waals surface area contributed by atoms with Gasteiger partial charge in [-0.3, -0.25) is 0 Å². The number of rotatable bonds is 9. The minimum Gasteiger partial charge on any atom is -0.456 e. The van der Waals surface area contributed by atoms with Crippen molar-refractivity contribution in [3.63, 3.8) is 0 Å². The molecule has 0 N–H and O–H groups in total. The summed E-state index contributed by atoms with van der Waals surface area (Å²) in [6.07, 6.45) is -4.78. The maximum absolute atomic E-state index is 12.3. The molecule has 0 spiro atoms. The topological polar surface area (TPSA) is 123 Å². The SMILES string of the molecule is Cn1nnnc1/C(=N\OCc1nnc(-c2ccc(Oc3ccc(OC(F)(F)F)cc3)c(Cl)c2)o1)c1ccccc1. The number of hydrogen-bond acceptors (Lipinski definition) is 10. The third kappa shape index (κ3) is 6.53. The fourth-order valence-electron chi connectivity index (χ4n) is 3.38. The standard InChI is InChI=1S/C25H17ClF3N7O4/c1-36-23(31-34-35-36)22(15-5-3-2-4-6-15)33-37-14-21-30-32-24(39-21)16-7-12-20(19(26)13-16)38-17-8-10-18(11-9-17)40-25(27,28)29/h2-13H,14H2,1H3/b33-22-. The van der Waals surface area contributed by atoms with Crippen molar-refractivity contribution >= 4 is 17.3 Å². The van der Waals surface area contributed by atoms with Crippen LogP contribution in [0.4, 0.5) is 13.2 Å². The van der Waals surface area contributed by atoms with Crippen molar-refractivity contribution in [2.45, 2.75) is 13.0 Å². The summed E-state index contributed by atoms with van der Waals surface area (Å²) >= 11 is 6.34. The van der Waals surface area contributed by atoms with E-state index in [4.69, 9.17) is 25.6 Å². The fraction of sp³-hybridized carbons (Fsp3) is 0.120. The highest BCUT2D eigenvalue weighted by atomic mass is 35.5. The third-order valence-electron chi connectivity index (χ3n) is 5.15. The number of ether oxygens (including phenoxy) is 2. The number of oxime groups is 1. The van der Waals surface area contributed by atoms with Crippen molar-refractivity contribution in [1.29, 1.82) is 0 Å². The molecule has 0 aliphatic rings. The molecule has 0 fully saturated rings. The Labute approximate surface area is 228 Å². The Kier molecular flexibility index (Phi) is 7.59. The van der Waals surface area contributed by atoms with Gasteiger partial charge in [0.05, 0.1) is 5.02 Å². The van der Waals surface area contributed by atoms with Gasteiger partial charge in [0.15, 0.2) is 12.3 Å². The molecule has 0 amide bonds. The van der Waals surface area contributed by atoms with Crippen molar-refractivity contribution < 1.29 is 31.9 Å². The summed E-state index contributed by atoms with van der Waals surface area (Å²) in [4.78, 5) is 5.47. The van der Waals surface area contributed by atoms with Crippen molar-refractivity contribution in [2.24, 2.45) is 12.2 Å². The molecule has 0 saturated heterocycles. The summed E-state index contributed by atoms with van der Waals surface area (Å²) in [6, 6.07) is 18.9. The van der Waals surface area contributed by atoms with Crippen LogP contribution in [0.3, 0.4) is 0 Å². The first-order valence-corrected chi connectivity index (χ1v) is 11.8. The highest BCUT2D eigenvalue weighted by molar-refractivity contribution is 6.32. The van der Waals surface area contributed by atoms with E-state index in [-0.39, 0.29) is 40.7 Å². The predicted octanol–water partition coefficient (Wildman–Crippen LogP) is 5.57. The maximum atomic E-state index is 12.3. The Morgan fingerprint density at radius 1 is 0.975 bits per heavy atom. The van der Waals surface area contributed by atoms with Crippen molar-refractivity contribution in [3.05, 3.63) is 95.1 Å². The van der Waals surface area contributed by atoms with Crippen molar-refractivity contribution in [1.82, 2.24) is 30.4 Å². The first kappa shape index (κ1) is 26.6. The minimum absolute atomic E-state index is 0.127. The van der Waals surface area contributed by atoms with Crippen LogP contribution in [0.1, 0.15) is 17.3 Å². The van der Waals surface area contributed by atoms with Gasteiger partial charge >= 0.3 is 6.36 Å². The van der Waals surface area contributed by atoms with Crippen LogP contribution in [-0.2, 0) is 18.5 Å². The lowest BCUT2D eigenvalue weighted by Gasteiger charge is -2.11. The molecule has 40 heavy (non-hydrogen) atoms. The lowest BCUT2D eigenvalue weighted by Crippen LogP contribution is -2.16. The smallest absolute Gasteiger partial charge is 0.456 e. The molecule has 0 radical (unpaired) electrons. The van der Waals surface area contributed by atoms with Crippen molar-refractivity contribution in [2.75, 3.05) is 0 Å². The third-order valence-corrected chi connectivity index (χ3v) is 5.45. The summed E-state index contributed by atoms with van der Waals surface area (Å²) < 4.78 is 53.6. The van der Waals surface area contributed by atoms with Crippen LogP contribution in [0.15, 0.2) is 82.4 Å². The molecule has 5 rings (SSSR count). The largest absolute Gasteiger partial charge is 0.573 e. The molecule has 204 valence electrons. The highest BCUT2D eigenvalue weighted by Crippen LogP contribution is 2.34. The van der Waals surface area contributed by atoms with E-state index < -0.39 is 6.36 Å². The molecule has 5 aromatic rings. The number of aromatic nitrogens is 6. The fourth-order valence-corrected chi connectivity index (χ4v) is 3.60. The second kappa shape index (κ2) is 11.4.